The van der Waals surface area contributed by atoms with Gasteiger partial charge in [0.15, 0.2) is 24.3 Å². The summed E-state index contributed by atoms with van der Waals surface area (Å²) in [5, 5.41) is 0. The SMILES string of the molecule is CC1(C)O[C@H]2O[C@H](COC(c3ccccc3)(c3ccccc3)c3ccccc3)[C@H](O/C=C\[Si](C)(C)C)[C@H]2O1. The van der Waals surface area contributed by atoms with Crippen LogP contribution in [-0.2, 0) is 29.3 Å². The van der Waals surface area contributed by atoms with Gasteiger partial charge in [-0.25, -0.2) is 0 Å². The Kier molecular flexibility index (Phi) is 7.62. The van der Waals surface area contributed by atoms with Gasteiger partial charge in [-0.1, -0.05) is 116 Å². The minimum absolute atomic E-state index is 0.282. The van der Waals surface area contributed by atoms with Crippen LogP contribution in [-0.4, -0.2) is 45.1 Å². The van der Waals surface area contributed by atoms with Crippen molar-refractivity contribution in [1.82, 2.24) is 0 Å². The highest BCUT2D eigenvalue weighted by atomic mass is 28.3. The highest BCUT2D eigenvalue weighted by molar-refractivity contribution is 6.80. The van der Waals surface area contributed by atoms with Crippen molar-refractivity contribution in [3.63, 3.8) is 0 Å². The Morgan fingerprint density at radius 1 is 0.789 bits per heavy atom. The highest BCUT2D eigenvalue weighted by Gasteiger charge is 2.56. The van der Waals surface area contributed by atoms with E-state index in [4.69, 9.17) is 23.7 Å². The van der Waals surface area contributed by atoms with Gasteiger partial charge in [0.25, 0.3) is 0 Å². The van der Waals surface area contributed by atoms with Crippen molar-refractivity contribution in [3.8, 4) is 0 Å². The fraction of sp³-hybridized carbons (Fsp3) is 0.375. The number of hydrogen-bond donors (Lipinski definition) is 0. The van der Waals surface area contributed by atoms with E-state index in [0.717, 1.165) is 16.7 Å². The number of fused-ring (bicyclic) bond motifs is 1. The summed E-state index contributed by atoms with van der Waals surface area (Å²) in [5.41, 5.74) is 4.47. The molecule has 4 atom stereocenters. The lowest BCUT2D eigenvalue weighted by atomic mass is 9.80. The van der Waals surface area contributed by atoms with Crippen LogP contribution >= 0.6 is 0 Å². The Hall–Kier alpha value is -2.74. The molecule has 0 bridgehead atoms. The van der Waals surface area contributed by atoms with Crippen LogP contribution in [0.3, 0.4) is 0 Å². The van der Waals surface area contributed by atoms with Gasteiger partial charge in [-0.2, -0.15) is 0 Å². The Labute approximate surface area is 227 Å². The summed E-state index contributed by atoms with van der Waals surface area (Å²) in [4.78, 5) is 0. The van der Waals surface area contributed by atoms with Gasteiger partial charge in [0.05, 0.1) is 20.9 Å². The van der Waals surface area contributed by atoms with E-state index >= 15 is 0 Å². The molecule has 5 rings (SSSR count). The Bertz CT molecular complexity index is 1110. The van der Waals surface area contributed by atoms with E-state index in [2.05, 4.69) is 61.7 Å². The Balaban J connectivity index is 1.50. The van der Waals surface area contributed by atoms with Gasteiger partial charge in [0, 0.05) is 0 Å². The third-order valence-corrected chi connectivity index (χ3v) is 8.03. The largest absolute Gasteiger partial charge is 0.493 e. The minimum Gasteiger partial charge on any atom is -0.493 e. The first-order valence-electron chi connectivity index (χ1n) is 13.3. The van der Waals surface area contributed by atoms with Crippen molar-refractivity contribution in [2.45, 2.75) is 69.5 Å². The zero-order chi connectivity index (χ0) is 26.8. The molecule has 200 valence electrons. The molecule has 2 aliphatic rings. The highest BCUT2D eigenvalue weighted by Crippen LogP contribution is 2.43. The van der Waals surface area contributed by atoms with Crippen molar-refractivity contribution in [1.29, 1.82) is 0 Å². The lowest BCUT2D eigenvalue weighted by molar-refractivity contribution is -0.223. The van der Waals surface area contributed by atoms with Gasteiger partial charge in [0.2, 0.25) is 0 Å². The van der Waals surface area contributed by atoms with Crippen LogP contribution in [0.4, 0.5) is 0 Å². The predicted octanol–water partition coefficient (Wildman–Crippen LogP) is 6.65. The molecule has 0 saturated carbocycles. The Morgan fingerprint density at radius 3 is 1.76 bits per heavy atom. The summed E-state index contributed by atoms with van der Waals surface area (Å²) in [6.07, 6.45) is 0.216. The second-order valence-corrected chi connectivity index (χ2v) is 16.6. The molecule has 0 aliphatic carbocycles. The number of hydrogen-bond acceptors (Lipinski definition) is 5. The number of rotatable bonds is 9. The van der Waals surface area contributed by atoms with Gasteiger partial charge < -0.3 is 23.7 Å². The molecule has 0 radical (unpaired) electrons. The van der Waals surface area contributed by atoms with Crippen LogP contribution in [0.2, 0.25) is 19.6 Å². The van der Waals surface area contributed by atoms with Crippen molar-refractivity contribution < 1.29 is 23.7 Å². The van der Waals surface area contributed by atoms with Gasteiger partial charge in [-0.3, -0.25) is 0 Å². The zero-order valence-corrected chi connectivity index (χ0v) is 23.9. The van der Waals surface area contributed by atoms with Crippen molar-refractivity contribution >= 4 is 8.07 Å². The Morgan fingerprint density at radius 2 is 1.29 bits per heavy atom. The van der Waals surface area contributed by atoms with E-state index in [1.807, 2.05) is 74.7 Å². The molecule has 5 nitrogen and oxygen atoms in total. The molecule has 0 spiro atoms. The average molecular weight is 531 g/mol. The van der Waals surface area contributed by atoms with Crippen LogP contribution in [0.5, 0.6) is 0 Å². The third-order valence-electron chi connectivity index (χ3n) is 6.90. The maximum Gasteiger partial charge on any atom is 0.191 e. The molecule has 2 fully saturated rings. The fourth-order valence-corrected chi connectivity index (χ4v) is 5.64. The lowest BCUT2D eigenvalue weighted by Gasteiger charge is -2.37. The molecule has 2 saturated heterocycles. The monoisotopic (exact) mass is 530 g/mol. The van der Waals surface area contributed by atoms with Crippen LogP contribution in [0.1, 0.15) is 30.5 Å². The quantitative estimate of drug-likeness (QED) is 0.176. The molecular formula is C32H38O5Si. The first-order chi connectivity index (χ1) is 18.2. The molecular weight excluding hydrogens is 492 g/mol. The third kappa shape index (κ3) is 5.65. The summed E-state index contributed by atoms with van der Waals surface area (Å²) >= 11 is 0. The normalized spacial score (nSPS) is 25.0. The molecule has 0 aromatic heterocycles. The second kappa shape index (κ2) is 10.8. The topological polar surface area (TPSA) is 46.2 Å². The zero-order valence-electron chi connectivity index (χ0n) is 22.9. The van der Waals surface area contributed by atoms with E-state index in [1.165, 1.54) is 0 Å². The molecule has 0 amide bonds. The molecule has 38 heavy (non-hydrogen) atoms. The van der Waals surface area contributed by atoms with Crippen molar-refractivity contribution in [2.24, 2.45) is 0 Å². The average Bonchev–Trinajstić information content (AvgIpc) is 3.37. The smallest absolute Gasteiger partial charge is 0.191 e. The number of benzene rings is 3. The van der Waals surface area contributed by atoms with E-state index in [0.29, 0.717) is 0 Å². The molecule has 0 N–H and O–H groups in total. The first-order valence-corrected chi connectivity index (χ1v) is 16.9. The minimum atomic E-state index is -1.44. The van der Waals surface area contributed by atoms with E-state index in [-0.39, 0.29) is 24.9 Å². The summed E-state index contributed by atoms with van der Waals surface area (Å²) < 4.78 is 32.1. The summed E-state index contributed by atoms with van der Waals surface area (Å²) in [5.74, 6) is -0.729. The van der Waals surface area contributed by atoms with E-state index in [1.54, 1.807) is 0 Å². The molecule has 0 unspecified atom stereocenters. The van der Waals surface area contributed by atoms with Crippen LogP contribution in [0.15, 0.2) is 103 Å². The number of ether oxygens (including phenoxy) is 5. The van der Waals surface area contributed by atoms with Gasteiger partial charge in [-0.05, 0) is 30.5 Å². The van der Waals surface area contributed by atoms with Crippen molar-refractivity contribution in [2.75, 3.05) is 6.61 Å². The lowest BCUT2D eigenvalue weighted by Crippen LogP contribution is -2.41. The van der Waals surface area contributed by atoms with Crippen LogP contribution < -0.4 is 0 Å². The molecule has 3 aromatic rings. The first kappa shape index (κ1) is 26.8. The van der Waals surface area contributed by atoms with Crippen molar-refractivity contribution in [3.05, 3.63) is 120 Å². The summed E-state index contributed by atoms with van der Waals surface area (Å²) in [7, 11) is -1.44. The summed E-state index contributed by atoms with van der Waals surface area (Å²) in [6.45, 7) is 10.9. The van der Waals surface area contributed by atoms with Gasteiger partial charge in [-0.15, -0.1) is 0 Å². The van der Waals surface area contributed by atoms with Crippen LogP contribution in [0.25, 0.3) is 0 Å². The van der Waals surface area contributed by atoms with Crippen LogP contribution in [0, 0.1) is 0 Å². The van der Waals surface area contributed by atoms with Gasteiger partial charge in [0.1, 0.15) is 11.7 Å². The standard InChI is InChI=1S/C32H38O5Si/c1-31(2)36-29-28(33-21-22-38(3,4)5)27(35-30(29)37-31)23-34-32(24-15-9-6-10-16-24,25-17-11-7-12-18-25)26-19-13-8-14-20-26/h6-22,27-30H,23H2,1-5H3/b22-21-/t27-,28+,29-,30-/m1/s1. The second-order valence-electron chi connectivity index (χ2n) is 11.5. The van der Waals surface area contributed by atoms with E-state index < -0.39 is 25.8 Å². The maximum atomic E-state index is 7.04. The molecule has 3 aromatic carbocycles. The molecule has 2 heterocycles. The summed E-state index contributed by atoms with van der Waals surface area (Å²) in [6, 6.07) is 31.1. The molecule has 6 heteroatoms. The van der Waals surface area contributed by atoms with E-state index in [9.17, 15) is 0 Å². The predicted molar refractivity (Wildman–Crippen MR) is 151 cm³/mol. The maximum absolute atomic E-state index is 7.04. The fourth-order valence-electron chi connectivity index (χ4n) is 5.16. The molecule has 2 aliphatic heterocycles. The van der Waals surface area contributed by atoms with Gasteiger partial charge >= 0.3 is 0 Å².